The van der Waals surface area contributed by atoms with Crippen LogP contribution in [-0.2, 0) is 4.79 Å². The summed E-state index contributed by atoms with van der Waals surface area (Å²) >= 11 is 0. The molecule has 0 heterocycles. The molecule has 0 aromatic heterocycles. The van der Waals surface area contributed by atoms with Crippen LogP contribution in [0.1, 0.15) is 24.4 Å². The molecule has 0 spiro atoms. The van der Waals surface area contributed by atoms with Crippen molar-refractivity contribution in [3.05, 3.63) is 39.7 Å². The van der Waals surface area contributed by atoms with Crippen LogP contribution in [0, 0.1) is 15.9 Å². The maximum atomic E-state index is 13.5. The zero-order chi connectivity index (χ0) is 13.0. The van der Waals surface area contributed by atoms with Crippen LogP contribution in [0.15, 0.2) is 18.2 Å². The molecule has 1 aromatic carbocycles. The third-order valence-corrected chi connectivity index (χ3v) is 2.27. The molecule has 0 aliphatic carbocycles. The lowest BCUT2D eigenvalue weighted by molar-refractivity contribution is -0.386. The van der Waals surface area contributed by atoms with Crippen molar-refractivity contribution in [2.24, 2.45) is 5.73 Å². The lowest BCUT2D eigenvalue weighted by Gasteiger charge is -2.11. The van der Waals surface area contributed by atoms with Gasteiger partial charge in [-0.2, -0.15) is 0 Å². The molecular formula is C10H11FN2O4. The summed E-state index contributed by atoms with van der Waals surface area (Å²) in [6.07, 6.45) is -0.330. The Morgan fingerprint density at radius 1 is 1.59 bits per heavy atom. The SMILES string of the molecule is NC(CCC(=O)O)c1c(F)cccc1[N+](=O)[O-]. The molecule has 3 N–H and O–H groups in total. The van der Waals surface area contributed by atoms with Crippen molar-refractivity contribution in [2.45, 2.75) is 18.9 Å². The Labute approximate surface area is 96.0 Å². The predicted molar refractivity (Wildman–Crippen MR) is 56.9 cm³/mol. The highest BCUT2D eigenvalue weighted by Crippen LogP contribution is 2.28. The average Bonchev–Trinajstić information content (AvgIpc) is 2.25. The largest absolute Gasteiger partial charge is 0.481 e. The van der Waals surface area contributed by atoms with Crippen LogP contribution in [0.2, 0.25) is 0 Å². The number of carboxylic acid groups (broad SMARTS) is 1. The van der Waals surface area contributed by atoms with Gasteiger partial charge < -0.3 is 10.8 Å². The van der Waals surface area contributed by atoms with Gasteiger partial charge in [0, 0.05) is 18.5 Å². The summed E-state index contributed by atoms with van der Waals surface area (Å²) in [4.78, 5) is 20.3. The zero-order valence-electron chi connectivity index (χ0n) is 8.80. The van der Waals surface area contributed by atoms with Gasteiger partial charge in [0.1, 0.15) is 5.82 Å². The number of carbonyl (C=O) groups is 1. The van der Waals surface area contributed by atoms with Crippen molar-refractivity contribution in [3.8, 4) is 0 Å². The molecule has 0 fully saturated rings. The molecule has 0 bridgehead atoms. The van der Waals surface area contributed by atoms with Gasteiger partial charge in [0.05, 0.1) is 10.5 Å². The minimum Gasteiger partial charge on any atom is -0.481 e. The maximum absolute atomic E-state index is 13.5. The molecule has 92 valence electrons. The molecule has 0 radical (unpaired) electrons. The summed E-state index contributed by atoms with van der Waals surface area (Å²) in [7, 11) is 0. The van der Waals surface area contributed by atoms with E-state index in [-0.39, 0.29) is 18.4 Å². The Morgan fingerprint density at radius 3 is 2.76 bits per heavy atom. The van der Waals surface area contributed by atoms with E-state index < -0.39 is 28.4 Å². The van der Waals surface area contributed by atoms with E-state index in [2.05, 4.69) is 0 Å². The van der Waals surface area contributed by atoms with Gasteiger partial charge in [-0.1, -0.05) is 6.07 Å². The molecule has 1 atom stereocenters. The van der Waals surface area contributed by atoms with Gasteiger partial charge in [0.2, 0.25) is 0 Å². The van der Waals surface area contributed by atoms with Crippen molar-refractivity contribution in [1.82, 2.24) is 0 Å². The van der Waals surface area contributed by atoms with Gasteiger partial charge >= 0.3 is 5.97 Å². The first kappa shape index (κ1) is 13.0. The number of nitrogens with zero attached hydrogens (tertiary/aromatic N) is 1. The third-order valence-electron chi connectivity index (χ3n) is 2.27. The zero-order valence-corrected chi connectivity index (χ0v) is 8.80. The maximum Gasteiger partial charge on any atom is 0.303 e. The molecular weight excluding hydrogens is 231 g/mol. The second-order valence-electron chi connectivity index (χ2n) is 3.47. The summed E-state index contributed by atoms with van der Waals surface area (Å²) in [5, 5.41) is 19.2. The molecule has 0 aliphatic heterocycles. The molecule has 0 saturated heterocycles. The number of benzene rings is 1. The number of nitrogens with two attached hydrogens (primary N) is 1. The first-order valence-electron chi connectivity index (χ1n) is 4.83. The van der Waals surface area contributed by atoms with E-state index >= 15 is 0 Å². The van der Waals surface area contributed by atoms with Crippen LogP contribution in [0.4, 0.5) is 10.1 Å². The van der Waals surface area contributed by atoms with Crippen LogP contribution >= 0.6 is 0 Å². The van der Waals surface area contributed by atoms with Crippen LogP contribution in [-0.4, -0.2) is 16.0 Å². The van der Waals surface area contributed by atoms with Gasteiger partial charge in [-0.3, -0.25) is 14.9 Å². The highest BCUT2D eigenvalue weighted by molar-refractivity contribution is 5.66. The summed E-state index contributed by atoms with van der Waals surface area (Å²) < 4.78 is 13.5. The molecule has 0 saturated carbocycles. The van der Waals surface area contributed by atoms with E-state index in [0.717, 1.165) is 12.1 Å². The molecule has 0 amide bonds. The van der Waals surface area contributed by atoms with Crippen molar-refractivity contribution in [3.63, 3.8) is 0 Å². The smallest absolute Gasteiger partial charge is 0.303 e. The monoisotopic (exact) mass is 242 g/mol. The molecule has 1 unspecified atom stereocenters. The lowest BCUT2D eigenvalue weighted by atomic mass is 10.0. The van der Waals surface area contributed by atoms with Gasteiger partial charge in [-0.15, -0.1) is 0 Å². The van der Waals surface area contributed by atoms with Crippen LogP contribution in [0.3, 0.4) is 0 Å². The van der Waals surface area contributed by atoms with Crippen LogP contribution in [0.5, 0.6) is 0 Å². The van der Waals surface area contributed by atoms with Gasteiger partial charge in [-0.25, -0.2) is 4.39 Å². The van der Waals surface area contributed by atoms with Crippen molar-refractivity contribution >= 4 is 11.7 Å². The van der Waals surface area contributed by atoms with E-state index in [1.165, 1.54) is 6.07 Å². The second kappa shape index (κ2) is 5.35. The Kier molecular flexibility index (Phi) is 4.11. The van der Waals surface area contributed by atoms with E-state index in [0.29, 0.717) is 0 Å². The molecule has 7 heteroatoms. The molecule has 1 rings (SSSR count). The highest BCUT2D eigenvalue weighted by atomic mass is 19.1. The number of hydrogen-bond acceptors (Lipinski definition) is 4. The number of rotatable bonds is 5. The third kappa shape index (κ3) is 3.22. The summed E-state index contributed by atoms with van der Waals surface area (Å²) in [6, 6.07) is 2.40. The van der Waals surface area contributed by atoms with Gasteiger partial charge in [0.15, 0.2) is 0 Å². The normalized spacial score (nSPS) is 12.1. The Bertz CT molecular complexity index is 450. The molecule has 6 nitrogen and oxygen atoms in total. The molecule has 17 heavy (non-hydrogen) atoms. The first-order chi connectivity index (χ1) is 7.93. The highest BCUT2D eigenvalue weighted by Gasteiger charge is 2.23. The quantitative estimate of drug-likeness (QED) is 0.602. The Hall–Kier alpha value is -2.02. The standard InChI is InChI=1S/C10H11FN2O4/c11-6-2-1-3-8(13(16)17)10(6)7(12)4-5-9(14)15/h1-3,7H,4-5,12H2,(H,14,15). The minimum absolute atomic E-state index is 0.0584. The Balaban J connectivity index is 3.02. The van der Waals surface area contributed by atoms with Crippen molar-refractivity contribution < 1.29 is 19.2 Å². The number of halogens is 1. The van der Waals surface area contributed by atoms with Crippen LogP contribution < -0.4 is 5.73 Å². The van der Waals surface area contributed by atoms with Gasteiger partial charge in [-0.05, 0) is 12.5 Å². The van der Waals surface area contributed by atoms with Crippen molar-refractivity contribution in [1.29, 1.82) is 0 Å². The second-order valence-corrected chi connectivity index (χ2v) is 3.47. The van der Waals surface area contributed by atoms with E-state index in [9.17, 15) is 19.3 Å². The van der Waals surface area contributed by atoms with Crippen LogP contribution in [0.25, 0.3) is 0 Å². The summed E-state index contributed by atoms with van der Waals surface area (Å²) in [6.45, 7) is 0. The van der Waals surface area contributed by atoms with Gasteiger partial charge in [0.25, 0.3) is 5.69 Å². The van der Waals surface area contributed by atoms with E-state index in [4.69, 9.17) is 10.8 Å². The van der Waals surface area contributed by atoms with Crippen molar-refractivity contribution in [2.75, 3.05) is 0 Å². The molecule has 1 aromatic rings. The summed E-state index contributed by atoms with van der Waals surface area (Å²) in [5.41, 5.74) is 4.90. The number of aliphatic carboxylic acids is 1. The van der Waals surface area contributed by atoms with E-state index in [1.807, 2.05) is 0 Å². The topological polar surface area (TPSA) is 106 Å². The average molecular weight is 242 g/mol. The number of nitro groups is 1. The predicted octanol–water partition coefficient (Wildman–Crippen LogP) is 1.60. The Morgan fingerprint density at radius 2 is 2.24 bits per heavy atom. The fourth-order valence-corrected chi connectivity index (χ4v) is 1.48. The molecule has 0 aliphatic rings. The minimum atomic E-state index is -1.08. The number of nitro benzene ring substituents is 1. The fourth-order valence-electron chi connectivity index (χ4n) is 1.48. The van der Waals surface area contributed by atoms with E-state index in [1.54, 1.807) is 0 Å². The first-order valence-corrected chi connectivity index (χ1v) is 4.83. The lowest BCUT2D eigenvalue weighted by Crippen LogP contribution is -2.15. The number of hydrogen-bond donors (Lipinski definition) is 2. The summed E-state index contributed by atoms with van der Waals surface area (Å²) in [5.74, 6) is -1.88. The fraction of sp³-hybridized carbons (Fsp3) is 0.300. The number of carboxylic acids is 1.